The van der Waals surface area contributed by atoms with Crippen LogP contribution in [-0.4, -0.2) is 55.6 Å². The molecule has 0 bridgehead atoms. The van der Waals surface area contributed by atoms with Gasteiger partial charge < -0.3 is 15.0 Å². The monoisotopic (exact) mass is 319 g/mol. The van der Waals surface area contributed by atoms with Gasteiger partial charge in [-0.3, -0.25) is 9.59 Å². The van der Waals surface area contributed by atoms with Crippen molar-refractivity contribution in [3.05, 3.63) is 28.0 Å². The fraction of sp³-hybridized carbons (Fsp3) is 0.417. The number of carbonyl (C=O) groups excluding carboxylic acids is 2. The Morgan fingerprint density at radius 1 is 1.40 bits per heavy atom. The van der Waals surface area contributed by atoms with Gasteiger partial charge in [0.15, 0.2) is 0 Å². The topological polar surface area (TPSA) is 71.5 Å². The molecular formula is C12H15Cl2N3O3. The van der Waals surface area contributed by atoms with E-state index in [9.17, 15) is 9.59 Å². The molecule has 0 saturated carbocycles. The van der Waals surface area contributed by atoms with E-state index in [4.69, 9.17) is 27.9 Å². The third kappa shape index (κ3) is 4.96. The first-order valence-corrected chi connectivity index (χ1v) is 6.54. The lowest BCUT2D eigenvalue weighted by atomic mass is 10.2. The van der Waals surface area contributed by atoms with Gasteiger partial charge in [-0.05, 0) is 12.1 Å². The van der Waals surface area contributed by atoms with Gasteiger partial charge >= 0.3 is 0 Å². The predicted molar refractivity (Wildman–Crippen MR) is 76.1 cm³/mol. The van der Waals surface area contributed by atoms with Crippen LogP contribution in [0.15, 0.2) is 12.1 Å². The number of hydrogen-bond donors (Lipinski definition) is 1. The minimum atomic E-state index is -0.402. The maximum Gasteiger partial charge on any atom is 0.257 e. The molecule has 1 aromatic heterocycles. The third-order valence-corrected chi connectivity index (χ3v) is 2.90. The molecule has 2 amide bonds. The molecule has 6 nitrogen and oxygen atoms in total. The number of ether oxygens (including phenoxy) is 1. The van der Waals surface area contributed by atoms with Crippen LogP contribution in [0.1, 0.15) is 10.4 Å². The number of pyridine rings is 1. The molecule has 0 aliphatic rings. The number of amides is 2. The van der Waals surface area contributed by atoms with E-state index in [1.807, 2.05) is 0 Å². The molecule has 110 valence electrons. The quantitative estimate of drug-likeness (QED) is 0.632. The predicted octanol–water partition coefficient (Wildman–Crippen LogP) is 1.22. The van der Waals surface area contributed by atoms with Crippen molar-refractivity contribution in [3.63, 3.8) is 0 Å². The largest absolute Gasteiger partial charge is 0.383 e. The number of carbonyl (C=O) groups is 2. The Bertz CT molecular complexity index is 497. The summed E-state index contributed by atoms with van der Waals surface area (Å²) in [6.07, 6.45) is 0. The number of nitrogens with one attached hydrogen (secondary N) is 1. The van der Waals surface area contributed by atoms with Gasteiger partial charge in [0, 0.05) is 20.7 Å². The number of aromatic nitrogens is 1. The zero-order valence-electron chi connectivity index (χ0n) is 11.2. The summed E-state index contributed by atoms with van der Waals surface area (Å²) in [4.78, 5) is 28.7. The zero-order chi connectivity index (χ0) is 15.1. The summed E-state index contributed by atoms with van der Waals surface area (Å²) >= 11 is 11.5. The van der Waals surface area contributed by atoms with Crippen LogP contribution in [0.25, 0.3) is 0 Å². The molecule has 0 fully saturated rings. The van der Waals surface area contributed by atoms with Crippen LogP contribution in [0.3, 0.4) is 0 Å². The lowest BCUT2D eigenvalue weighted by molar-refractivity contribution is -0.121. The van der Waals surface area contributed by atoms with Crippen LogP contribution in [-0.2, 0) is 9.53 Å². The van der Waals surface area contributed by atoms with Gasteiger partial charge in [0.05, 0.1) is 18.7 Å². The van der Waals surface area contributed by atoms with Crippen molar-refractivity contribution in [3.8, 4) is 0 Å². The molecule has 0 aliphatic carbocycles. The average Bonchev–Trinajstić information content (AvgIpc) is 2.38. The first-order chi connectivity index (χ1) is 9.45. The highest BCUT2D eigenvalue weighted by atomic mass is 35.5. The van der Waals surface area contributed by atoms with Crippen molar-refractivity contribution in [2.75, 3.05) is 33.9 Å². The first kappa shape index (κ1) is 16.7. The van der Waals surface area contributed by atoms with Crippen LogP contribution in [0.2, 0.25) is 10.3 Å². The minimum absolute atomic E-state index is 0.00846. The summed E-state index contributed by atoms with van der Waals surface area (Å²) in [5.41, 5.74) is 0.197. The number of hydrogen-bond acceptors (Lipinski definition) is 4. The molecular weight excluding hydrogens is 305 g/mol. The Labute approximate surface area is 127 Å². The molecule has 0 atom stereocenters. The smallest absolute Gasteiger partial charge is 0.257 e. The molecule has 0 radical (unpaired) electrons. The van der Waals surface area contributed by atoms with Crippen LogP contribution in [0, 0.1) is 0 Å². The zero-order valence-corrected chi connectivity index (χ0v) is 12.7. The van der Waals surface area contributed by atoms with Gasteiger partial charge in [0.25, 0.3) is 5.91 Å². The molecule has 1 aromatic rings. The van der Waals surface area contributed by atoms with E-state index >= 15 is 0 Å². The molecule has 1 N–H and O–H groups in total. The maximum atomic E-state index is 12.1. The Morgan fingerprint density at radius 2 is 2.10 bits per heavy atom. The molecule has 8 heteroatoms. The fourth-order valence-corrected chi connectivity index (χ4v) is 1.84. The second-order valence-electron chi connectivity index (χ2n) is 3.98. The van der Waals surface area contributed by atoms with Crippen molar-refractivity contribution >= 4 is 35.0 Å². The lowest BCUT2D eigenvalue weighted by Gasteiger charge is -2.17. The van der Waals surface area contributed by atoms with Gasteiger partial charge in [-0.1, -0.05) is 23.2 Å². The second-order valence-corrected chi connectivity index (χ2v) is 4.72. The highest BCUT2D eigenvalue weighted by molar-refractivity contribution is 6.34. The summed E-state index contributed by atoms with van der Waals surface area (Å²) < 4.78 is 4.81. The summed E-state index contributed by atoms with van der Waals surface area (Å²) in [5.74, 6) is -0.683. The van der Waals surface area contributed by atoms with E-state index in [-0.39, 0.29) is 28.3 Å². The van der Waals surface area contributed by atoms with Crippen molar-refractivity contribution in [1.29, 1.82) is 0 Å². The Hall–Kier alpha value is -1.37. The number of nitrogens with zero attached hydrogens (tertiary/aromatic N) is 2. The SMILES string of the molecule is COCCNC(=O)CN(C)C(=O)c1ccc(Cl)nc1Cl. The molecule has 0 aliphatic heterocycles. The Morgan fingerprint density at radius 3 is 2.70 bits per heavy atom. The standard InChI is InChI=1S/C12H15Cl2N3O3/c1-17(7-10(18)15-5-6-20-2)12(19)8-3-4-9(13)16-11(8)14/h3-4H,5-7H2,1-2H3,(H,15,18). The molecule has 20 heavy (non-hydrogen) atoms. The summed E-state index contributed by atoms with van der Waals surface area (Å²) in [5, 5.41) is 2.83. The number of methoxy groups -OCH3 is 1. The van der Waals surface area contributed by atoms with E-state index in [2.05, 4.69) is 10.3 Å². The number of halogens is 2. The van der Waals surface area contributed by atoms with Gasteiger partial charge in [-0.2, -0.15) is 0 Å². The molecule has 0 saturated heterocycles. The van der Waals surface area contributed by atoms with E-state index in [1.165, 1.54) is 31.2 Å². The highest BCUT2D eigenvalue weighted by Crippen LogP contribution is 2.17. The normalized spacial score (nSPS) is 10.2. The lowest BCUT2D eigenvalue weighted by Crippen LogP contribution is -2.39. The van der Waals surface area contributed by atoms with Crippen molar-refractivity contribution in [2.24, 2.45) is 0 Å². The van der Waals surface area contributed by atoms with E-state index in [0.717, 1.165) is 0 Å². The van der Waals surface area contributed by atoms with Crippen LogP contribution < -0.4 is 5.32 Å². The first-order valence-electron chi connectivity index (χ1n) is 5.79. The number of rotatable bonds is 6. The van der Waals surface area contributed by atoms with Crippen LogP contribution in [0.5, 0.6) is 0 Å². The van der Waals surface area contributed by atoms with Gasteiger partial charge in [0.2, 0.25) is 5.91 Å². The number of likely N-dealkylation sites (N-methyl/N-ethyl adjacent to an activating group) is 1. The van der Waals surface area contributed by atoms with Crippen molar-refractivity contribution < 1.29 is 14.3 Å². The van der Waals surface area contributed by atoms with E-state index in [1.54, 1.807) is 0 Å². The van der Waals surface area contributed by atoms with Crippen LogP contribution in [0.4, 0.5) is 0 Å². The third-order valence-electron chi connectivity index (χ3n) is 2.40. The summed E-state index contributed by atoms with van der Waals surface area (Å²) in [6.45, 7) is 0.721. The van der Waals surface area contributed by atoms with Crippen molar-refractivity contribution in [1.82, 2.24) is 15.2 Å². The summed E-state index contributed by atoms with van der Waals surface area (Å²) in [6, 6.07) is 2.94. The molecule has 0 spiro atoms. The summed E-state index contributed by atoms with van der Waals surface area (Å²) in [7, 11) is 3.04. The second kappa shape index (κ2) is 8.04. The maximum absolute atomic E-state index is 12.1. The molecule has 1 heterocycles. The highest BCUT2D eigenvalue weighted by Gasteiger charge is 2.18. The Balaban J connectivity index is 2.60. The van der Waals surface area contributed by atoms with Gasteiger partial charge in [0.1, 0.15) is 10.3 Å². The van der Waals surface area contributed by atoms with Gasteiger partial charge in [-0.25, -0.2) is 4.98 Å². The minimum Gasteiger partial charge on any atom is -0.383 e. The van der Waals surface area contributed by atoms with Gasteiger partial charge in [-0.15, -0.1) is 0 Å². The van der Waals surface area contributed by atoms with Crippen molar-refractivity contribution in [2.45, 2.75) is 0 Å². The fourth-order valence-electron chi connectivity index (χ4n) is 1.41. The molecule has 0 aromatic carbocycles. The van der Waals surface area contributed by atoms with Crippen LogP contribution >= 0.6 is 23.2 Å². The molecule has 1 rings (SSSR count). The molecule has 0 unspecified atom stereocenters. The van der Waals surface area contributed by atoms with E-state index in [0.29, 0.717) is 13.2 Å². The van der Waals surface area contributed by atoms with E-state index < -0.39 is 5.91 Å². The Kier molecular flexibility index (Phi) is 6.70. The average molecular weight is 320 g/mol.